The number of alkyl halides is 1. The van der Waals surface area contributed by atoms with Gasteiger partial charge in [-0.1, -0.05) is 55.3 Å². The Balaban J connectivity index is 1.44. The van der Waals surface area contributed by atoms with Gasteiger partial charge in [0.1, 0.15) is 5.82 Å². The molecule has 0 bridgehead atoms. The summed E-state index contributed by atoms with van der Waals surface area (Å²) in [5, 5.41) is 11.8. The van der Waals surface area contributed by atoms with Crippen LogP contribution in [0.3, 0.4) is 0 Å². The number of hydrogen-bond donors (Lipinski definition) is 1. The van der Waals surface area contributed by atoms with Crippen LogP contribution in [0.2, 0.25) is 0 Å². The van der Waals surface area contributed by atoms with Crippen molar-refractivity contribution in [3.05, 3.63) is 71.5 Å². The van der Waals surface area contributed by atoms with Gasteiger partial charge in [0.15, 0.2) is 5.60 Å². The Morgan fingerprint density at radius 3 is 2.24 bits per heavy atom. The molecule has 34 heavy (non-hydrogen) atoms. The summed E-state index contributed by atoms with van der Waals surface area (Å²) in [6, 6.07) is 15.6. The van der Waals surface area contributed by atoms with Crippen molar-refractivity contribution in [3.63, 3.8) is 0 Å². The van der Waals surface area contributed by atoms with E-state index in [1.54, 1.807) is 17.0 Å². The van der Waals surface area contributed by atoms with E-state index in [9.17, 15) is 14.3 Å². The highest BCUT2D eigenvalue weighted by Crippen LogP contribution is 2.43. The van der Waals surface area contributed by atoms with Gasteiger partial charge in [-0.2, -0.15) is 4.39 Å². The van der Waals surface area contributed by atoms with E-state index in [2.05, 4.69) is 0 Å². The summed E-state index contributed by atoms with van der Waals surface area (Å²) >= 11 is 0. The van der Waals surface area contributed by atoms with E-state index in [-0.39, 0.29) is 48.1 Å². The summed E-state index contributed by atoms with van der Waals surface area (Å²) in [7, 11) is 3.78. The smallest absolute Gasteiger partial charge is 0.259 e. The molecule has 1 aliphatic carbocycles. The largest absolute Gasteiger partial charge is 0.375 e. The Morgan fingerprint density at radius 2 is 1.65 bits per heavy atom. The maximum absolute atomic E-state index is 16.2. The van der Waals surface area contributed by atoms with E-state index in [0.717, 1.165) is 31.2 Å². The number of quaternary nitrogens is 1. The van der Waals surface area contributed by atoms with Gasteiger partial charge in [0.05, 0.1) is 33.5 Å². The number of carbonyl (C=O) groups is 1. The molecule has 1 aliphatic heterocycles. The van der Waals surface area contributed by atoms with Crippen molar-refractivity contribution in [2.75, 3.05) is 33.7 Å². The van der Waals surface area contributed by atoms with Gasteiger partial charge >= 0.3 is 0 Å². The molecule has 2 aromatic carbocycles. The zero-order chi connectivity index (χ0) is 24.4. The summed E-state index contributed by atoms with van der Waals surface area (Å²) in [5.74, 6) is -2.13. The molecule has 0 aromatic heterocycles. The van der Waals surface area contributed by atoms with E-state index in [4.69, 9.17) is 0 Å². The topological polar surface area (TPSA) is 40.5 Å². The third kappa shape index (κ3) is 4.76. The van der Waals surface area contributed by atoms with E-state index in [1.807, 2.05) is 44.4 Å². The van der Waals surface area contributed by atoms with E-state index >= 15 is 4.39 Å². The molecular weight excluding hydrogens is 434 g/mol. The minimum Gasteiger partial charge on any atom is -0.375 e. The molecule has 1 N–H and O–H groups in total. The Bertz CT molecular complexity index is 966. The number of benzene rings is 2. The van der Waals surface area contributed by atoms with Crippen LogP contribution in [0.5, 0.6) is 0 Å². The lowest BCUT2D eigenvalue weighted by atomic mass is 9.78. The molecule has 6 heteroatoms. The molecule has 4 nitrogen and oxygen atoms in total. The minimum atomic E-state index is -1.55. The van der Waals surface area contributed by atoms with Gasteiger partial charge in [-0.3, -0.25) is 9.28 Å². The van der Waals surface area contributed by atoms with Crippen molar-refractivity contribution in [1.82, 2.24) is 4.90 Å². The third-order valence-corrected chi connectivity index (χ3v) is 8.26. The Hall–Kier alpha value is -2.31. The fourth-order valence-corrected chi connectivity index (χ4v) is 5.73. The van der Waals surface area contributed by atoms with Gasteiger partial charge in [0.2, 0.25) is 5.79 Å². The van der Waals surface area contributed by atoms with Gasteiger partial charge in [0.25, 0.3) is 5.91 Å². The van der Waals surface area contributed by atoms with Crippen molar-refractivity contribution in [2.45, 2.75) is 56.3 Å². The summed E-state index contributed by atoms with van der Waals surface area (Å²) in [4.78, 5) is 15.4. The van der Waals surface area contributed by atoms with Crippen molar-refractivity contribution in [1.29, 1.82) is 0 Å². The maximum atomic E-state index is 16.2. The van der Waals surface area contributed by atoms with Crippen LogP contribution in [0.1, 0.15) is 49.7 Å². The molecule has 1 saturated heterocycles. The number of amides is 1. The van der Waals surface area contributed by atoms with Crippen molar-refractivity contribution < 1.29 is 23.2 Å². The molecule has 2 aromatic rings. The van der Waals surface area contributed by atoms with E-state index in [0.29, 0.717) is 18.5 Å². The molecule has 1 unspecified atom stereocenters. The van der Waals surface area contributed by atoms with Crippen LogP contribution in [-0.2, 0) is 16.8 Å². The first-order chi connectivity index (χ1) is 16.2. The summed E-state index contributed by atoms with van der Waals surface area (Å²) in [6.45, 7) is 1.15. The molecule has 1 amide bonds. The highest BCUT2D eigenvalue weighted by atomic mass is 19.1. The molecule has 184 valence electrons. The van der Waals surface area contributed by atoms with Crippen LogP contribution in [-0.4, -0.2) is 59.9 Å². The van der Waals surface area contributed by atoms with Gasteiger partial charge in [0, 0.05) is 25.4 Å². The number of likely N-dealkylation sites (tertiary alicyclic amines) is 1. The highest BCUT2D eigenvalue weighted by Gasteiger charge is 2.53. The van der Waals surface area contributed by atoms with Crippen LogP contribution < -0.4 is 0 Å². The Kier molecular flexibility index (Phi) is 7.11. The average Bonchev–Trinajstić information content (AvgIpc) is 3.39. The lowest BCUT2D eigenvalue weighted by Crippen LogP contribution is -2.63. The number of piperidine rings is 1. The van der Waals surface area contributed by atoms with Crippen LogP contribution in [0.4, 0.5) is 8.78 Å². The number of hydrogen-bond acceptors (Lipinski definition) is 2. The summed E-state index contributed by atoms with van der Waals surface area (Å²) in [5.41, 5.74) is 0.0637. The lowest BCUT2D eigenvalue weighted by molar-refractivity contribution is -0.960. The molecule has 0 radical (unpaired) electrons. The second kappa shape index (κ2) is 9.74. The van der Waals surface area contributed by atoms with Crippen molar-refractivity contribution >= 4 is 5.91 Å². The maximum Gasteiger partial charge on any atom is 0.259 e. The number of carbonyl (C=O) groups excluding carboxylic acids is 1. The van der Waals surface area contributed by atoms with Crippen LogP contribution >= 0.6 is 0 Å². The number of halogens is 2. The van der Waals surface area contributed by atoms with E-state index in [1.165, 1.54) is 12.1 Å². The quantitative estimate of drug-likeness (QED) is 0.465. The van der Waals surface area contributed by atoms with Crippen molar-refractivity contribution in [3.8, 4) is 0 Å². The lowest BCUT2D eigenvalue weighted by Gasteiger charge is -2.48. The monoisotopic (exact) mass is 471 g/mol. The molecule has 1 atom stereocenters. The fourth-order valence-electron chi connectivity index (χ4n) is 5.73. The second-order valence-electron chi connectivity index (χ2n) is 10.6. The standard InChI is InChI=1S/C28H37F2N2O2/c1-32(2,21-16-22-12-14-25(29)15-13-22)27(30)17-19-31(20-18-27)26(33)28(34,24-10-6-7-11-24)23-8-4-3-5-9-23/h3-5,8-9,12-15,24,34H,6-7,10-11,16-21H2,1-2H3/q+1. The molecule has 2 aliphatic rings. The molecule has 0 spiro atoms. The number of aliphatic hydroxyl groups is 1. The van der Waals surface area contributed by atoms with Crippen LogP contribution in [0.25, 0.3) is 0 Å². The first kappa shape index (κ1) is 24.8. The zero-order valence-electron chi connectivity index (χ0n) is 20.4. The van der Waals surface area contributed by atoms with E-state index < -0.39 is 11.4 Å². The molecular formula is C28H37F2N2O2+. The van der Waals surface area contributed by atoms with Gasteiger partial charge in [-0.15, -0.1) is 0 Å². The van der Waals surface area contributed by atoms with Crippen LogP contribution in [0, 0.1) is 11.7 Å². The third-order valence-electron chi connectivity index (χ3n) is 8.26. The first-order valence-corrected chi connectivity index (χ1v) is 12.5. The predicted molar refractivity (Wildman–Crippen MR) is 129 cm³/mol. The van der Waals surface area contributed by atoms with Crippen molar-refractivity contribution in [2.24, 2.45) is 5.92 Å². The molecule has 1 heterocycles. The minimum absolute atomic E-state index is 0.109. The molecule has 4 rings (SSSR count). The Morgan fingerprint density at radius 1 is 1.06 bits per heavy atom. The second-order valence-corrected chi connectivity index (χ2v) is 10.6. The number of likely N-dealkylation sites (N-methyl/N-ethyl adjacent to an activating group) is 1. The molecule has 1 saturated carbocycles. The number of nitrogens with zero attached hydrogens (tertiary/aromatic N) is 2. The SMILES string of the molecule is C[N+](C)(CCc1ccc(F)cc1)C1(F)CCN(C(=O)C(O)(c2ccccc2)C2CCCC2)CC1. The summed E-state index contributed by atoms with van der Waals surface area (Å²) in [6.07, 6.45) is 4.78. The van der Waals surface area contributed by atoms with Gasteiger partial charge < -0.3 is 10.0 Å². The Labute approximate surface area is 201 Å². The average molecular weight is 472 g/mol. The first-order valence-electron chi connectivity index (χ1n) is 12.5. The molecule has 2 fully saturated rings. The predicted octanol–water partition coefficient (Wildman–Crippen LogP) is 4.81. The van der Waals surface area contributed by atoms with Crippen LogP contribution in [0.15, 0.2) is 54.6 Å². The zero-order valence-corrected chi connectivity index (χ0v) is 20.4. The fraction of sp³-hybridized carbons (Fsp3) is 0.536. The normalized spacial score (nSPS) is 20.8. The highest BCUT2D eigenvalue weighted by molar-refractivity contribution is 5.87. The number of rotatable bonds is 7. The van der Waals surface area contributed by atoms with Gasteiger partial charge in [-0.25, -0.2) is 4.39 Å². The summed E-state index contributed by atoms with van der Waals surface area (Å²) < 4.78 is 29.6. The van der Waals surface area contributed by atoms with Gasteiger partial charge in [-0.05, 0) is 36.1 Å².